The van der Waals surface area contributed by atoms with Crippen molar-refractivity contribution in [3.05, 3.63) is 76.8 Å². The third kappa shape index (κ3) is 5.05. The van der Waals surface area contributed by atoms with E-state index >= 15 is 0 Å². The van der Waals surface area contributed by atoms with Gasteiger partial charge in [0.15, 0.2) is 0 Å². The minimum absolute atomic E-state index is 0.134. The minimum Gasteiger partial charge on any atom is -0.495 e. The van der Waals surface area contributed by atoms with Gasteiger partial charge in [0, 0.05) is 21.0 Å². The molecule has 1 amide bonds. The van der Waals surface area contributed by atoms with Crippen LogP contribution in [-0.4, -0.2) is 24.8 Å². The smallest absolute Gasteiger partial charge is 0.420 e. The molecule has 3 aromatic carbocycles. The number of carbonyl (C=O) groups is 1. The lowest BCUT2D eigenvalue weighted by molar-refractivity contribution is -0.138. The van der Waals surface area contributed by atoms with Crippen molar-refractivity contribution >= 4 is 52.4 Å². The largest absolute Gasteiger partial charge is 0.495 e. The predicted octanol–water partition coefficient (Wildman–Crippen LogP) is 7.24. The molecule has 10 heteroatoms. The van der Waals surface area contributed by atoms with Crippen molar-refractivity contribution in [1.29, 1.82) is 0 Å². The molecule has 1 N–H and O–H groups in total. The molecular weight excluding hydrogens is 493 g/mol. The van der Waals surface area contributed by atoms with E-state index in [1.165, 1.54) is 33.3 Å². The Kier molecular flexibility index (Phi) is 7.02. The molecule has 0 saturated carbocycles. The number of methoxy groups -OCH3 is 1. The van der Waals surface area contributed by atoms with Crippen molar-refractivity contribution in [3.63, 3.8) is 0 Å². The van der Waals surface area contributed by atoms with Gasteiger partial charge in [0.2, 0.25) is 0 Å². The molecule has 5 rings (SSSR count). The van der Waals surface area contributed by atoms with Crippen LogP contribution < -0.4 is 15.0 Å². The number of amides is 1. The number of fused-ring (bicyclic) bond motifs is 2. The lowest BCUT2D eigenvalue weighted by Crippen LogP contribution is -2.28. The van der Waals surface area contributed by atoms with Crippen LogP contribution in [-0.2, 0) is 6.18 Å². The Balaban J connectivity index is 0.000000238. The van der Waals surface area contributed by atoms with Gasteiger partial charge in [-0.15, -0.1) is 23.5 Å². The Morgan fingerprint density at radius 3 is 2.45 bits per heavy atom. The molecule has 0 spiro atoms. The molecule has 0 unspecified atom stereocenters. The Bertz CT molecular complexity index is 1170. The Hall–Kier alpha value is -2.49. The van der Waals surface area contributed by atoms with Crippen molar-refractivity contribution in [2.75, 3.05) is 29.1 Å². The summed E-state index contributed by atoms with van der Waals surface area (Å²) in [6.45, 7) is 0. The van der Waals surface area contributed by atoms with Crippen LogP contribution in [0.15, 0.2) is 70.5 Å². The highest BCUT2D eigenvalue weighted by Crippen LogP contribution is 2.43. The van der Waals surface area contributed by atoms with Crippen molar-refractivity contribution in [3.8, 4) is 5.75 Å². The Morgan fingerprint density at radius 2 is 1.76 bits per heavy atom. The zero-order valence-corrected chi connectivity index (χ0v) is 19.7. The van der Waals surface area contributed by atoms with Gasteiger partial charge in [0.05, 0.1) is 35.1 Å². The van der Waals surface area contributed by atoms with E-state index in [4.69, 9.17) is 16.3 Å². The number of nitrogens with zero attached hydrogens (tertiary/aromatic N) is 1. The number of ether oxygens (including phenoxy) is 1. The van der Waals surface area contributed by atoms with Gasteiger partial charge in [-0.2, -0.15) is 13.2 Å². The molecule has 4 nitrogen and oxygen atoms in total. The standard InChI is InChI=1S/C16H11ClF3NO2S.C7H7NS/c1-23-14-10(16(18,19)20)6-9(7-11(14)17)15(22)21-8-24-13-5-3-2-4-12(13)21;1-2-4-7-6(3-1)8-5-9-7/h2-7H,8H2,1H3;1-4,8H,5H2. The van der Waals surface area contributed by atoms with Gasteiger partial charge in [0.25, 0.3) is 5.91 Å². The van der Waals surface area contributed by atoms with E-state index in [0.717, 1.165) is 23.9 Å². The summed E-state index contributed by atoms with van der Waals surface area (Å²) in [4.78, 5) is 16.4. The van der Waals surface area contributed by atoms with Gasteiger partial charge in [0.1, 0.15) is 5.75 Å². The molecule has 3 aromatic rings. The maximum Gasteiger partial charge on any atom is 0.420 e. The molecule has 0 bridgehead atoms. The van der Waals surface area contributed by atoms with Gasteiger partial charge in [-0.25, -0.2) is 0 Å². The van der Waals surface area contributed by atoms with Gasteiger partial charge in [-0.05, 0) is 36.4 Å². The minimum atomic E-state index is -4.68. The summed E-state index contributed by atoms with van der Waals surface area (Å²) in [5, 5.41) is 3.01. The summed E-state index contributed by atoms with van der Waals surface area (Å²) in [6.07, 6.45) is -4.68. The monoisotopic (exact) mass is 510 g/mol. The van der Waals surface area contributed by atoms with Crippen LogP contribution in [0, 0.1) is 0 Å². The first-order valence-electron chi connectivity index (χ1n) is 9.73. The number of hydrogen-bond donors (Lipinski definition) is 1. The molecule has 0 atom stereocenters. The lowest BCUT2D eigenvalue weighted by Gasteiger charge is -2.19. The number of halogens is 4. The van der Waals surface area contributed by atoms with Gasteiger partial charge in [-0.1, -0.05) is 35.9 Å². The molecule has 0 fully saturated rings. The summed E-state index contributed by atoms with van der Waals surface area (Å²) in [5.74, 6) is 0.335. The Morgan fingerprint density at radius 1 is 1.06 bits per heavy atom. The fourth-order valence-corrected chi connectivity index (χ4v) is 5.57. The zero-order chi connectivity index (χ0) is 23.6. The third-order valence-corrected chi connectivity index (χ3v) is 7.21. The number of para-hydroxylation sites is 2. The number of carbonyl (C=O) groups excluding carboxylic acids is 1. The topological polar surface area (TPSA) is 41.6 Å². The van der Waals surface area contributed by atoms with E-state index in [2.05, 4.69) is 29.6 Å². The molecule has 0 aliphatic carbocycles. The number of hydrogen-bond acceptors (Lipinski definition) is 5. The van der Waals surface area contributed by atoms with Crippen LogP contribution in [0.5, 0.6) is 5.75 Å². The first-order chi connectivity index (χ1) is 15.8. The number of thioether (sulfide) groups is 2. The fourth-order valence-electron chi connectivity index (χ4n) is 3.39. The van der Waals surface area contributed by atoms with Gasteiger partial charge < -0.3 is 10.1 Å². The summed E-state index contributed by atoms with van der Waals surface area (Å²) in [5.41, 5.74) is 0.752. The average Bonchev–Trinajstić information content (AvgIpc) is 3.45. The van der Waals surface area contributed by atoms with Crippen molar-refractivity contribution in [1.82, 2.24) is 0 Å². The van der Waals surface area contributed by atoms with E-state index < -0.39 is 23.4 Å². The molecule has 2 aliphatic heterocycles. The molecule has 0 saturated heterocycles. The first kappa shape index (κ1) is 23.7. The van der Waals surface area contributed by atoms with Crippen LogP contribution >= 0.6 is 35.1 Å². The molecule has 2 heterocycles. The van der Waals surface area contributed by atoms with Gasteiger partial charge in [-0.3, -0.25) is 9.69 Å². The maximum atomic E-state index is 13.2. The number of alkyl halides is 3. The lowest BCUT2D eigenvalue weighted by atomic mass is 10.1. The summed E-state index contributed by atoms with van der Waals surface area (Å²) < 4.78 is 44.4. The highest BCUT2D eigenvalue weighted by molar-refractivity contribution is 8.00. The first-order valence-corrected chi connectivity index (χ1v) is 12.1. The van der Waals surface area contributed by atoms with E-state index in [-0.39, 0.29) is 10.6 Å². The summed E-state index contributed by atoms with van der Waals surface area (Å²) in [6, 6.07) is 17.6. The summed E-state index contributed by atoms with van der Waals surface area (Å²) in [7, 11) is 1.10. The van der Waals surface area contributed by atoms with Crippen LogP contribution in [0.3, 0.4) is 0 Å². The van der Waals surface area contributed by atoms with Crippen molar-refractivity contribution in [2.24, 2.45) is 0 Å². The molecule has 172 valence electrons. The number of rotatable bonds is 2. The second-order valence-electron chi connectivity index (χ2n) is 6.97. The van der Waals surface area contributed by atoms with Crippen LogP contribution in [0.25, 0.3) is 0 Å². The van der Waals surface area contributed by atoms with Crippen molar-refractivity contribution < 1.29 is 22.7 Å². The van der Waals surface area contributed by atoms with E-state index in [9.17, 15) is 18.0 Å². The number of nitrogens with one attached hydrogen (secondary N) is 1. The van der Waals surface area contributed by atoms with Gasteiger partial charge >= 0.3 is 6.18 Å². The van der Waals surface area contributed by atoms with E-state index in [0.29, 0.717) is 11.6 Å². The quantitative estimate of drug-likeness (QED) is 0.393. The van der Waals surface area contributed by atoms with Crippen LogP contribution in [0.2, 0.25) is 5.02 Å². The number of benzene rings is 3. The Labute approximate surface area is 202 Å². The SMILES string of the molecule is COc1c(Cl)cc(C(=O)N2CSc3ccccc32)cc1C(F)(F)F.c1ccc2c(c1)NCS2. The van der Waals surface area contributed by atoms with Crippen LogP contribution in [0.1, 0.15) is 15.9 Å². The predicted molar refractivity (Wildman–Crippen MR) is 128 cm³/mol. The van der Waals surface area contributed by atoms with Crippen LogP contribution in [0.4, 0.5) is 24.5 Å². The van der Waals surface area contributed by atoms with E-state index in [1.807, 2.05) is 23.9 Å². The zero-order valence-electron chi connectivity index (χ0n) is 17.3. The second-order valence-corrected chi connectivity index (χ2v) is 9.38. The van der Waals surface area contributed by atoms with Crippen molar-refractivity contribution in [2.45, 2.75) is 16.0 Å². The average molecular weight is 511 g/mol. The molecule has 0 radical (unpaired) electrons. The second kappa shape index (κ2) is 9.79. The third-order valence-electron chi connectivity index (χ3n) is 4.93. The highest BCUT2D eigenvalue weighted by Gasteiger charge is 2.37. The normalized spacial score (nSPS) is 14.0. The maximum absolute atomic E-state index is 13.2. The van der Waals surface area contributed by atoms with E-state index in [1.54, 1.807) is 12.1 Å². The number of anilines is 2. The molecule has 33 heavy (non-hydrogen) atoms. The highest BCUT2D eigenvalue weighted by atomic mass is 35.5. The fraction of sp³-hybridized carbons (Fsp3) is 0.174. The molecule has 2 aliphatic rings. The molecular formula is C23H18ClF3N2O2S2. The molecule has 0 aromatic heterocycles. The summed E-state index contributed by atoms with van der Waals surface area (Å²) >= 11 is 9.19.